The monoisotopic (exact) mass is 301 g/mol. The van der Waals surface area contributed by atoms with Gasteiger partial charge in [-0.25, -0.2) is 13.2 Å². The van der Waals surface area contributed by atoms with Gasteiger partial charge in [-0.05, 0) is 43.7 Å². The van der Waals surface area contributed by atoms with Gasteiger partial charge in [-0.3, -0.25) is 4.79 Å². The molecule has 21 heavy (non-hydrogen) atoms. The van der Waals surface area contributed by atoms with Crippen LogP contribution < -0.4 is 5.32 Å². The SMILES string of the molecule is O=C(NCCCC1CCOCC1)c1ccc(F)c(F)c1F. The third kappa shape index (κ3) is 4.20. The third-order valence-electron chi connectivity index (χ3n) is 3.70. The molecule has 0 unspecified atom stereocenters. The summed E-state index contributed by atoms with van der Waals surface area (Å²) in [5.41, 5.74) is -0.472. The molecule has 6 heteroatoms. The van der Waals surface area contributed by atoms with Crippen LogP contribution in [0.1, 0.15) is 36.0 Å². The van der Waals surface area contributed by atoms with Crippen LogP contribution in [0.25, 0.3) is 0 Å². The average Bonchev–Trinajstić information content (AvgIpc) is 2.50. The summed E-state index contributed by atoms with van der Waals surface area (Å²) in [7, 11) is 0. The molecular weight excluding hydrogens is 283 g/mol. The molecule has 1 amide bonds. The maximum absolute atomic E-state index is 13.4. The van der Waals surface area contributed by atoms with Crippen LogP contribution in [0.2, 0.25) is 0 Å². The summed E-state index contributed by atoms with van der Waals surface area (Å²) in [6.45, 7) is 1.93. The van der Waals surface area contributed by atoms with Crippen molar-refractivity contribution in [3.63, 3.8) is 0 Å². The van der Waals surface area contributed by atoms with Crippen molar-refractivity contribution in [1.82, 2.24) is 5.32 Å². The Labute approximate surface area is 121 Å². The molecule has 1 aromatic rings. The number of hydrogen-bond acceptors (Lipinski definition) is 2. The van der Waals surface area contributed by atoms with E-state index in [4.69, 9.17) is 4.74 Å². The Balaban J connectivity index is 1.78. The molecule has 0 atom stereocenters. The number of halogens is 3. The van der Waals surface area contributed by atoms with Gasteiger partial charge in [0.1, 0.15) is 0 Å². The lowest BCUT2D eigenvalue weighted by Gasteiger charge is -2.21. The summed E-state index contributed by atoms with van der Waals surface area (Å²) < 4.78 is 44.5. The van der Waals surface area contributed by atoms with Gasteiger partial charge in [0.2, 0.25) is 0 Å². The molecule has 0 bridgehead atoms. The van der Waals surface area contributed by atoms with Crippen molar-refractivity contribution in [3.8, 4) is 0 Å². The highest BCUT2D eigenvalue weighted by Gasteiger charge is 2.18. The van der Waals surface area contributed by atoms with Crippen molar-refractivity contribution in [2.75, 3.05) is 19.8 Å². The fourth-order valence-electron chi connectivity index (χ4n) is 2.42. The van der Waals surface area contributed by atoms with Crippen molar-refractivity contribution in [2.24, 2.45) is 5.92 Å². The molecule has 1 heterocycles. The van der Waals surface area contributed by atoms with Crippen LogP contribution in [0.5, 0.6) is 0 Å². The first-order valence-electron chi connectivity index (χ1n) is 7.09. The Bertz CT molecular complexity index is 502. The summed E-state index contributed by atoms with van der Waals surface area (Å²) in [5.74, 6) is -4.50. The number of nitrogens with one attached hydrogen (secondary N) is 1. The minimum atomic E-state index is -1.62. The van der Waals surface area contributed by atoms with E-state index in [-0.39, 0.29) is 0 Å². The zero-order chi connectivity index (χ0) is 15.2. The van der Waals surface area contributed by atoms with E-state index in [1.54, 1.807) is 0 Å². The number of carbonyl (C=O) groups excluding carboxylic acids is 1. The number of ether oxygens (including phenoxy) is 1. The number of amides is 1. The normalized spacial score (nSPS) is 16.0. The molecule has 1 saturated heterocycles. The highest BCUT2D eigenvalue weighted by molar-refractivity contribution is 5.94. The predicted molar refractivity (Wildman–Crippen MR) is 71.4 cm³/mol. The van der Waals surface area contributed by atoms with Gasteiger partial charge in [-0.2, -0.15) is 0 Å². The zero-order valence-electron chi connectivity index (χ0n) is 11.6. The largest absolute Gasteiger partial charge is 0.381 e. The standard InChI is InChI=1S/C15H18F3NO2/c16-12-4-3-11(13(17)14(12)18)15(20)19-7-1-2-10-5-8-21-9-6-10/h3-4,10H,1-2,5-9H2,(H,19,20). The summed E-state index contributed by atoms with van der Waals surface area (Å²) in [4.78, 5) is 11.7. The first-order chi connectivity index (χ1) is 10.1. The summed E-state index contributed by atoms with van der Waals surface area (Å²) >= 11 is 0. The molecule has 0 aromatic heterocycles. The highest BCUT2D eigenvalue weighted by Crippen LogP contribution is 2.19. The van der Waals surface area contributed by atoms with Crippen LogP contribution in [0.15, 0.2) is 12.1 Å². The Kier molecular flexibility index (Phi) is 5.61. The molecule has 0 radical (unpaired) electrons. The number of benzene rings is 1. The van der Waals surface area contributed by atoms with Crippen LogP contribution >= 0.6 is 0 Å². The van der Waals surface area contributed by atoms with Gasteiger partial charge in [-0.15, -0.1) is 0 Å². The lowest BCUT2D eigenvalue weighted by atomic mass is 9.95. The van der Waals surface area contributed by atoms with Gasteiger partial charge >= 0.3 is 0 Å². The minimum Gasteiger partial charge on any atom is -0.381 e. The van der Waals surface area contributed by atoms with E-state index in [2.05, 4.69) is 5.32 Å². The lowest BCUT2D eigenvalue weighted by Crippen LogP contribution is -2.26. The molecule has 1 N–H and O–H groups in total. The summed E-state index contributed by atoms with van der Waals surface area (Å²) in [5, 5.41) is 2.53. The van der Waals surface area contributed by atoms with E-state index in [1.165, 1.54) is 0 Å². The first kappa shape index (κ1) is 15.8. The van der Waals surface area contributed by atoms with E-state index in [0.29, 0.717) is 12.5 Å². The van der Waals surface area contributed by atoms with E-state index in [9.17, 15) is 18.0 Å². The maximum Gasteiger partial charge on any atom is 0.254 e. The molecule has 0 aliphatic carbocycles. The van der Waals surface area contributed by atoms with Crippen molar-refractivity contribution in [1.29, 1.82) is 0 Å². The second kappa shape index (κ2) is 7.45. The fourth-order valence-corrected chi connectivity index (χ4v) is 2.42. The van der Waals surface area contributed by atoms with Gasteiger partial charge in [0.25, 0.3) is 5.91 Å². The molecule has 3 nitrogen and oxygen atoms in total. The summed E-state index contributed by atoms with van der Waals surface area (Å²) in [6.07, 6.45) is 3.77. The fraction of sp³-hybridized carbons (Fsp3) is 0.533. The molecule has 1 aromatic carbocycles. The number of rotatable bonds is 5. The minimum absolute atomic E-state index is 0.384. The van der Waals surface area contributed by atoms with E-state index in [1.807, 2.05) is 0 Å². The first-order valence-corrected chi connectivity index (χ1v) is 7.09. The molecule has 1 fully saturated rings. The van der Waals surface area contributed by atoms with Crippen LogP contribution in [0.3, 0.4) is 0 Å². The second-order valence-corrected chi connectivity index (χ2v) is 5.18. The molecule has 1 aliphatic heterocycles. The summed E-state index contributed by atoms with van der Waals surface area (Å²) in [6, 6.07) is 1.69. The van der Waals surface area contributed by atoms with Crippen LogP contribution in [0.4, 0.5) is 13.2 Å². The highest BCUT2D eigenvalue weighted by atomic mass is 19.2. The van der Waals surface area contributed by atoms with Crippen molar-refractivity contribution < 1.29 is 22.7 Å². The Morgan fingerprint density at radius 1 is 1.19 bits per heavy atom. The van der Waals surface area contributed by atoms with Crippen LogP contribution in [0, 0.1) is 23.4 Å². The van der Waals surface area contributed by atoms with E-state index in [0.717, 1.165) is 51.0 Å². The average molecular weight is 301 g/mol. The number of hydrogen-bond donors (Lipinski definition) is 1. The van der Waals surface area contributed by atoms with Gasteiger partial charge < -0.3 is 10.1 Å². The molecule has 1 aliphatic rings. The number of carbonyl (C=O) groups is 1. The molecule has 0 spiro atoms. The second-order valence-electron chi connectivity index (χ2n) is 5.18. The third-order valence-corrected chi connectivity index (χ3v) is 3.70. The van der Waals surface area contributed by atoms with Crippen LogP contribution in [-0.4, -0.2) is 25.7 Å². The van der Waals surface area contributed by atoms with Gasteiger partial charge in [0.15, 0.2) is 17.5 Å². The van der Waals surface area contributed by atoms with Gasteiger partial charge in [0, 0.05) is 19.8 Å². The Hall–Kier alpha value is -1.56. The smallest absolute Gasteiger partial charge is 0.254 e. The molecule has 2 rings (SSSR count). The molecule has 0 saturated carbocycles. The van der Waals surface area contributed by atoms with Gasteiger partial charge in [0.05, 0.1) is 5.56 Å². The molecular formula is C15H18F3NO2. The maximum atomic E-state index is 13.4. The van der Waals surface area contributed by atoms with E-state index < -0.39 is 28.9 Å². The Morgan fingerprint density at radius 2 is 1.90 bits per heavy atom. The predicted octanol–water partition coefficient (Wildman–Crippen LogP) is 3.04. The quantitative estimate of drug-likeness (QED) is 0.670. The van der Waals surface area contributed by atoms with Gasteiger partial charge in [-0.1, -0.05) is 0 Å². The van der Waals surface area contributed by atoms with Crippen molar-refractivity contribution in [3.05, 3.63) is 35.1 Å². The van der Waals surface area contributed by atoms with Crippen LogP contribution in [-0.2, 0) is 4.74 Å². The van der Waals surface area contributed by atoms with Crippen molar-refractivity contribution in [2.45, 2.75) is 25.7 Å². The van der Waals surface area contributed by atoms with E-state index >= 15 is 0 Å². The Morgan fingerprint density at radius 3 is 2.62 bits per heavy atom. The topological polar surface area (TPSA) is 38.3 Å². The molecule has 116 valence electrons. The lowest BCUT2D eigenvalue weighted by molar-refractivity contribution is 0.0631. The van der Waals surface area contributed by atoms with Crippen molar-refractivity contribution >= 4 is 5.91 Å². The zero-order valence-corrected chi connectivity index (χ0v) is 11.6.